The zero-order valence-electron chi connectivity index (χ0n) is 15.1. The Morgan fingerprint density at radius 1 is 1.29 bits per heavy atom. The Kier molecular flexibility index (Phi) is 6.95. The lowest BCUT2D eigenvalue weighted by molar-refractivity contribution is 0.0437. The second-order valence-electron chi connectivity index (χ2n) is 6.27. The first kappa shape index (κ1) is 21.1. The normalized spacial score (nSPS) is 17.5. The van der Waals surface area contributed by atoms with Gasteiger partial charge in [-0.25, -0.2) is 23.1 Å². The Bertz CT molecular complexity index is 892. The van der Waals surface area contributed by atoms with Crippen LogP contribution in [0.5, 0.6) is 5.75 Å². The standard InChI is InChI=1S/C17H20Cl2N4O4S/c1-28(24,25)22-9-13-10-23(5-6-26-13)17-20-7-12(8-21-17)27-11-14-15(18)3-2-4-16(14)19/h2-4,7-8,13,22H,5-6,9-11H2,1H3. The molecular formula is C17H20Cl2N4O4S. The summed E-state index contributed by atoms with van der Waals surface area (Å²) in [6, 6.07) is 5.27. The molecule has 1 aromatic carbocycles. The number of halogens is 2. The van der Waals surface area contributed by atoms with Crippen molar-refractivity contribution in [1.82, 2.24) is 14.7 Å². The summed E-state index contributed by atoms with van der Waals surface area (Å²) in [5, 5.41) is 1.07. The Hall–Kier alpha value is -1.65. The van der Waals surface area contributed by atoms with Crippen LogP contribution in [-0.4, -0.2) is 57.0 Å². The van der Waals surface area contributed by atoms with Crippen LogP contribution in [-0.2, 0) is 21.4 Å². The fourth-order valence-corrected chi connectivity index (χ4v) is 3.64. The molecule has 3 rings (SSSR count). The van der Waals surface area contributed by atoms with E-state index in [1.165, 1.54) is 0 Å². The maximum atomic E-state index is 11.2. The first-order valence-electron chi connectivity index (χ1n) is 8.51. The van der Waals surface area contributed by atoms with Gasteiger partial charge in [0, 0.05) is 35.2 Å². The second kappa shape index (κ2) is 9.23. The number of rotatable bonds is 7. The van der Waals surface area contributed by atoms with Crippen molar-refractivity contribution in [3.05, 3.63) is 46.2 Å². The molecule has 0 bridgehead atoms. The molecule has 0 saturated carbocycles. The third-order valence-corrected chi connectivity index (χ3v) is 5.45. The van der Waals surface area contributed by atoms with Gasteiger partial charge in [0.15, 0.2) is 5.75 Å². The van der Waals surface area contributed by atoms with Gasteiger partial charge in [0.1, 0.15) is 6.61 Å². The van der Waals surface area contributed by atoms with Crippen molar-refractivity contribution < 1.29 is 17.9 Å². The van der Waals surface area contributed by atoms with E-state index in [0.717, 1.165) is 6.26 Å². The molecule has 1 aliphatic heterocycles. The minimum atomic E-state index is -3.26. The lowest BCUT2D eigenvalue weighted by atomic mass is 10.2. The Morgan fingerprint density at radius 3 is 2.61 bits per heavy atom. The van der Waals surface area contributed by atoms with Gasteiger partial charge in [-0.05, 0) is 12.1 Å². The van der Waals surface area contributed by atoms with E-state index in [1.54, 1.807) is 30.6 Å². The minimum absolute atomic E-state index is 0.203. The van der Waals surface area contributed by atoms with E-state index in [-0.39, 0.29) is 19.3 Å². The van der Waals surface area contributed by atoms with Crippen LogP contribution in [0.1, 0.15) is 5.56 Å². The quantitative estimate of drug-likeness (QED) is 0.695. The largest absolute Gasteiger partial charge is 0.486 e. The molecule has 1 aliphatic rings. The van der Waals surface area contributed by atoms with Gasteiger partial charge in [0.2, 0.25) is 16.0 Å². The van der Waals surface area contributed by atoms with Crippen molar-refractivity contribution in [3.63, 3.8) is 0 Å². The number of nitrogens with one attached hydrogen (secondary N) is 1. The third kappa shape index (κ3) is 5.92. The van der Waals surface area contributed by atoms with Crippen LogP contribution in [0.2, 0.25) is 10.0 Å². The molecule has 2 heterocycles. The highest BCUT2D eigenvalue weighted by molar-refractivity contribution is 7.88. The van der Waals surface area contributed by atoms with Gasteiger partial charge >= 0.3 is 0 Å². The van der Waals surface area contributed by atoms with Gasteiger partial charge < -0.3 is 14.4 Å². The van der Waals surface area contributed by atoms with Crippen LogP contribution >= 0.6 is 23.2 Å². The zero-order chi connectivity index (χ0) is 20.1. The molecule has 1 aromatic heterocycles. The lowest BCUT2D eigenvalue weighted by Gasteiger charge is -2.32. The van der Waals surface area contributed by atoms with Crippen molar-refractivity contribution in [3.8, 4) is 5.75 Å². The fourth-order valence-electron chi connectivity index (χ4n) is 2.64. The number of ether oxygens (including phenoxy) is 2. The summed E-state index contributed by atoms with van der Waals surface area (Å²) in [7, 11) is -3.26. The van der Waals surface area contributed by atoms with Crippen molar-refractivity contribution in [2.45, 2.75) is 12.7 Å². The topological polar surface area (TPSA) is 93.7 Å². The highest BCUT2D eigenvalue weighted by Crippen LogP contribution is 2.25. The molecule has 1 saturated heterocycles. The third-order valence-electron chi connectivity index (χ3n) is 4.05. The smallest absolute Gasteiger partial charge is 0.225 e. The average molecular weight is 447 g/mol. The molecule has 2 aromatic rings. The maximum absolute atomic E-state index is 11.2. The minimum Gasteiger partial charge on any atom is -0.486 e. The SMILES string of the molecule is CS(=O)(=O)NCC1CN(c2ncc(OCc3c(Cl)cccc3Cl)cn2)CCO1. The summed E-state index contributed by atoms with van der Waals surface area (Å²) in [5.74, 6) is 1.01. The number of nitrogens with zero attached hydrogens (tertiary/aromatic N) is 3. The Labute approximate surface area is 173 Å². The van der Waals surface area contributed by atoms with Gasteiger partial charge in [-0.2, -0.15) is 0 Å². The first-order chi connectivity index (χ1) is 13.3. The summed E-state index contributed by atoms with van der Waals surface area (Å²) < 4.78 is 36.2. The van der Waals surface area contributed by atoms with Crippen molar-refractivity contribution >= 4 is 39.2 Å². The van der Waals surface area contributed by atoms with Crippen LogP contribution in [0.15, 0.2) is 30.6 Å². The number of hydrogen-bond acceptors (Lipinski definition) is 7. The van der Waals surface area contributed by atoms with E-state index in [0.29, 0.717) is 47.0 Å². The summed E-state index contributed by atoms with van der Waals surface area (Å²) in [6.45, 7) is 1.97. The van der Waals surface area contributed by atoms with E-state index in [2.05, 4.69) is 14.7 Å². The molecule has 1 atom stereocenters. The molecule has 152 valence electrons. The molecule has 11 heteroatoms. The summed E-state index contributed by atoms with van der Waals surface area (Å²) in [6.07, 6.45) is 3.99. The first-order valence-corrected chi connectivity index (χ1v) is 11.2. The highest BCUT2D eigenvalue weighted by atomic mass is 35.5. The average Bonchev–Trinajstić information content (AvgIpc) is 2.66. The Balaban J connectivity index is 1.58. The number of benzene rings is 1. The molecule has 0 amide bonds. The van der Waals surface area contributed by atoms with Crippen LogP contribution in [0.25, 0.3) is 0 Å². The molecule has 1 unspecified atom stereocenters. The number of anilines is 1. The summed E-state index contributed by atoms with van der Waals surface area (Å²) in [4.78, 5) is 10.6. The molecule has 0 aliphatic carbocycles. The second-order valence-corrected chi connectivity index (χ2v) is 8.91. The van der Waals surface area contributed by atoms with E-state index < -0.39 is 10.0 Å². The van der Waals surface area contributed by atoms with E-state index in [9.17, 15) is 8.42 Å². The van der Waals surface area contributed by atoms with Gasteiger partial charge in [-0.15, -0.1) is 0 Å². The molecule has 0 radical (unpaired) electrons. The fraction of sp³-hybridized carbons (Fsp3) is 0.412. The maximum Gasteiger partial charge on any atom is 0.225 e. The van der Waals surface area contributed by atoms with Crippen LogP contribution < -0.4 is 14.4 Å². The predicted molar refractivity (Wildman–Crippen MR) is 108 cm³/mol. The zero-order valence-corrected chi connectivity index (χ0v) is 17.5. The molecule has 1 fully saturated rings. The molecular weight excluding hydrogens is 427 g/mol. The summed E-state index contributed by atoms with van der Waals surface area (Å²) >= 11 is 12.3. The molecule has 28 heavy (non-hydrogen) atoms. The monoisotopic (exact) mass is 446 g/mol. The number of morpholine rings is 1. The van der Waals surface area contributed by atoms with Crippen molar-refractivity contribution in [1.29, 1.82) is 0 Å². The van der Waals surface area contributed by atoms with Gasteiger partial charge in [-0.3, -0.25) is 0 Å². The lowest BCUT2D eigenvalue weighted by Crippen LogP contribution is -2.48. The highest BCUT2D eigenvalue weighted by Gasteiger charge is 2.23. The van der Waals surface area contributed by atoms with E-state index in [4.69, 9.17) is 32.7 Å². The van der Waals surface area contributed by atoms with Crippen LogP contribution in [0.4, 0.5) is 5.95 Å². The van der Waals surface area contributed by atoms with Crippen molar-refractivity contribution in [2.75, 3.05) is 37.4 Å². The molecule has 1 N–H and O–H groups in total. The van der Waals surface area contributed by atoms with E-state index >= 15 is 0 Å². The van der Waals surface area contributed by atoms with Crippen molar-refractivity contribution in [2.24, 2.45) is 0 Å². The van der Waals surface area contributed by atoms with Gasteiger partial charge in [0.05, 0.1) is 31.4 Å². The number of sulfonamides is 1. The van der Waals surface area contributed by atoms with Crippen LogP contribution in [0, 0.1) is 0 Å². The van der Waals surface area contributed by atoms with Gasteiger partial charge in [-0.1, -0.05) is 29.3 Å². The predicted octanol–water partition coefficient (Wildman–Crippen LogP) is 2.12. The van der Waals surface area contributed by atoms with E-state index in [1.807, 2.05) is 4.90 Å². The summed E-state index contributed by atoms with van der Waals surface area (Å²) in [5.41, 5.74) is 0.698. The number of aromatic nitrogens is 2. The number of hydrogen-bond donors (Lipinski definition) is 1. The molecule has 0 spiro atoms. The Morgan fingerprint density at radius 2 is 1.96 bits per heavy atom. The van der Waals surface area contributed by atoms with Crippen LogP contribution in [0.3, 0.4) is 0 Å². The van der Waals surface area contributed by atoms with Gasteiger partial charge in [0.25, 0.3) is 0 Å². The molecule has 8 nitrogen and oxygen atoms in total.